The smallest absolute Gasteiger partial charge is 0.165 e. The molecule has 0 atom stereocenters. The molecule has 2 rings (SSSR count). The molecular formula is C21H37N5. The molecule has 0 saturated heterocycles. The quantitative estimate of drug-likeness (QED) is 0.402. The number of aryl methyl sites for hydroxylation is 1. The lowest BCUT2D eigenvalue weighted by Crippen LogP contribution is -1.99. The van der Waals surface area contributed by atoms with E-state index in [9.17, 15) is 0 Å². The van der Waals surface area contributed by atoms with Crippen molar-refractivity contribution in [3.8, 4) is 0 Å². The summed E-state index contributed by atoms with van der Waals surface area (Å²) in [6.45, 7) is 3.25. The Morgan fingerprint density at radius 3 is 1.85 bits per heavy atom. The third kappa shape index (κ3) is 7.30. The van der Waals surface area contributed by atoms with Crippen molar-refractivity contribution in [3.63, 3.8) is 0 Å². The molecule has 2 heterocycles. The van der Waals surface area contributed by atoms with Crippen LogP contribution in [0.2, 0.25) is 0 Å². The summed E-state index contributed by atoms with van der Waals surface area (Å²) in [5.74, 6) is 0.467. The molecule has 0 saturated carbocycles. The monoisotopic (exact) mass is 359 g/mol. The summed E-state index contributed by atoms with van der Waals surface area (Å²) in [5.41, 5.74) is 7.40. The Bertz CT molecular complexity index is 607. The zero-order chi connectivity index (χ0) is 18.5. The van der Waals surface area contributed by atoms with Gasteiger partial charge in [-0.1, -0.05) is 90.4 Å². The van der Waals surface area contributed by atoms with E-state index >= 15 is 0 Å². The highest BCUT2D eigenvalue weighted by molar-refractivity contribution is 5.80. The number of nitrogen functional groups attached to an aromatic ring is 1. The number of hydrogen-bond acceptors (Lipinski definition) is 4. The molecule has 0 amide bonds. The van der Waals surface area contributed by atoms with Crippen LogP contribution in [0, 0.1) is 0 Å². The van der Waals surface area contributed by atoms with Gasteiger partial charge in [0.05, 0.1) is 6.33 Å². The summed E-state index contributed by atoms with van der Waals surface area (Å²) in [6.07, 6.45) is 22.7. The standard InChI is InChI=1S/C21H37N5/c1-2-3-4-5-6-7-8-9-10-11-12-13-14-15-16-26-18-25-19-20(22)23-17-24-21(19)26/h17-18H,2-16H2,1H3,(H2,22,23,24). The minimum Gasteiger partial charge on any atom is -0.382 e. The Kier molecular flexibility index (Phi) is 10.1. The van der Waals surface area contributed by atoms with Crippen molar-refractivity contribution in [1.82, 2.24) is 19.5 Å². The van der Waals surface area contributed by atoms with Crippen molar-refractivity contribution >= 4 is 17.0 Å². The summed E-state index contributed by atoms with van der Waals surface area (Å²) in [5, 5.41) is 0. The number of unbranched alkanes of at least 4 members (excludes halogenated alkanes) is 13. The van der Waals surface area contributed by atoms with Gasteiger partial charge in [0.25, 0.3) is 0 Å². The first-order chi connectivity index (χ1) is 12.8. The number of anilines is 1. The van der Waals surface area contributed by atoms with Gasteiger partial charge in [0.2, 0.25) is 0 Å². The van der Waals surface area contributed by atoms with Crippen LogP contribution in [0.3, 0.4) is 0 Å². The van der Waals surface area contributed by atoms with Crippen molar-refractivity contribution in [3.05, 3.63) is 12.7 Å². The van der Waals surface area contributed by atoms with E-state index in [0.29, 0.717) is 5.82 Å². The topological polar surface area (TPSA) is 69.6 Å². The van der Waals surface area contributed by atoms with Crippen LogP contribution in [0.1, 0.15) is 96.8 Å². The summed E-state index contributed by atoms with van der Waals surface area (Å²) in [7, 11) is 0. The number of imidazole rings is 1. The molecule has 0 aliphatic heterocycles. The highest BCUT2D eigenvalue weighted by Gasteiger charge is 2.06. The van der Waals surface area contributed by atoms with E-state index in [2.05, 4.69) is 26.4 Å². The first-order valence-corrected chi connectivity index (χ1v) is 10.7. The van der Waals surface area contributed by atoms with Crippen molar-refractivity contribution < 1.29 is 0 Å². The van der Waals surface area contributed by atoms with Crippen molar-refractivity contribution in [2.75, 3.05) is 5.73 Å². The molecule has 0 unspecified atom stereocenters. The Morgan fingerprint density at radius 1 is 0.731 bits per heavy atom. The van der Waals surface area contributed by atoms with Gasteiger partial charge in [0.1, 0.15) is 11.8 Å². The van der Waals surface area contributed by atoms with Crippen LogP contribution in [0.4, 0.5) is 5.82 Å². The summed E-state index contributed by atoms with van der Waals surface area (Å²) < 4.78 is 2.09. The molecule has 0 aliphatic rings. The van der Waals surface area contributed by atoms with Crippen LogP contribution in [0.15, 0.2) is 12.7 Å². The fraction of sp³-hybridized carbons (Fsp3) is 0.762. The van der Waals surface area contributed by atoms with Crippen LogP contribution in [0.5, 0.6) is 0 Å². The van der Waals surface area contributed by atoms with E-state index in [0.717, 1.165) is 17.7 Å². The molecule has 2 aromatic rings. The zero-order valence-corrected chi connectivity index (χ0v) is 16.6. The highest BCUT2D eigenvalue weighted by Crippen LogP contribution is 2.16. The Balaban J connectivity index is 1.42. The lowest BCUT2D eigenvalue weighted by atomic mass is 10.0. The van der Waals surface area contributed by atoms with E-state index < -0.39 is 0 Å². The molecule has 26 heavy (non-hydrogen) atoms. The molecule has 0 fully saturated rings. The number of fused-ring (bicyclic) bond motifs is 1. The average molecular weight is 360 g/mol. The van der Waals surface area contributed by atoms with Gasteiger partial charge in [-0.15, -0.1) is 0 Å². The van der Waals surface area contributed by atoms with Gasteiger partial charge < -0.3 is 10.3 Å². The average Bonchev–Trinajstić information content (AvgIpc) is 3.06. The Hall–Kier alpha value is -1.65. The fourth-order valence-corrected chi connectivity index (χ4v) is 3.54. The van der Waals surface area contributed by atoms with Crippen molar-refractivity contribution in [1.29, 1.82) is 0 Å². The zero-order valence-electron chi connectivity index (χ0n) is 16.6. The third-order valence-corrected chi connectivity index (χ3v) is 5.18. The lowest BCUT2D eigenvalue weighted by Gasteiger charge is -2.05. The molecule has 0 radical (unpaired) electrons. The number of aromatic nitrogens is 4. The summed E-state index contributed by atoms with van der Waals surface area (Å²) >= 11 is 0. The van der Waals surface area contributed by atoms with Crippen LogP contribution < -0.4 is 5.73 Å². The molecular weight excluding hydrogens is 322 g/mol. The SMILES string of the molecule is CCCCCCCCCCCCCCCCn1cnc2c(N)ncnc21. The number of hydrogen-bond donors (Lipinski definition) is 1. The molecule has 5 heteroatoms. The molecule has 2 aromatic heterocycles. The van der Waals surface area contributed by atoms with Gasteiger partial charge in [-0.25, -0.2) is 15.0 Å². The Labute approximate surface area is 158 Å². The second-order valence-corrected chi connectivity index (χ2v) is 7.47. The second kappa shape index (κ2) is 12.7. The highest BCUT2D eigenvalue weighted by atomic mass is 15.1. The van der Waals surface area contributed by atoms with Gasteiger partial charge in [-0.05, 0) is 6.42 Å². The maximum Gasteiger partial charge on any atom is 0.165 e. The van der Waals surface area contributed by atoms with E-state index in [4.69, 9.17) is 5.73 Å². The minimum absolute atomic E-state index is 0.467. The summed E-state index contributed by atoms with van der Waals surface area (Å²) in [6, 6.07) is 0. The third-order valence-electron chi connectivity index (χ3n) is 5.18. The molecule has 146 valence electrons. The number of nitrogens with zero attached hydrogens (tertiary/aromatic N) is 4. The molecule has 0 spiro atoms. The predicted molar refractivity (Wildman–Crippen MR) is 110 cm³/mol. The van der Waals surface area contributed by atoms with Crippen LogP contribution in [-0.2, 0) is 6.54 Å². The van der Waals surface area contributed by atoms with E-state index in [-0.39, 0.29) is 0 Å². The van der Waals surface area contributed by atoms with Crippen LogP contribution >= 0.6 is 0 Å². The predicted octanol–water partition coefficient (Wildman–Crippen LogP) is 5.89. The molecule has 5 nitrogen and oxygen atoms in total. The fourth-order valence-electron chi connectivity index (χ4n) is 3.54. The van der Waals surface area contributed by atoms with Crippen molar-refractivity contribution in [2.24, 2.45) is 0 Å². The van der Waals surface area contributed by atoms with E-state index in [1.54, 1.807) is 0 Å². The first-order valence-electron chi connectivity index (χ1n) is 10.7. The molecule has 0 aromatic carbocycles. The molecule has 0 bridgehead atoms. The molecule has 2 N–H and O–H groups in total. The lowest BCUT2D eigenvalue weighted by molar-refractivity contribution is 0.525. The first kappa shape index (κ1) is 20.7. The minimum atomic E-state index is 0.467. The van der Waals surface area contributed by atoms with Gasteiger partial charge in [0.15, 0.2) is 11.5 Å². The summed E-state index contributed by atoms with van der Waals surface area (Å²) in [4.78, 5) is 12.6. The second-order valence-electron chi connectivity index (χ2n) is 7.47. The number of nitrogens with two attached hydrogens (primary N) is 1. The van der Waals surface area contributed by atoms with Crippen LogP contribution in [-0.4, -0.2) is 19.5 Å². The maximum atomic E-state index is 5.82. The normalized spacial score (nSPS) is 11.4. The van der Waals surface area contributed by atoms with Gasteiger partial charge in [-0.3, -0.25) is 0 Å². The largest absolute Gasteiger partial charge is 0.382 e. The Morgan fingerprint density at radius 2 is 1.27 bits per heavy atom. The number of rotatable bonds is 15. The van der Waals surface area contributed by atoms with Crippen LogP contribution in [0.25, 0.3) is 11.2 Å². The maximum absolute atomic E-state index is 5.82. The van der Waals surface area contributed by atoms with Gasteiger partial charge in [0, 0.05) is 6.54 Å². The van der Waals surface area contributed by atoms with Crippen molar-refractivity contribution in [2.45, 2.75) is 103 Å². The van der Waals surface area contributed by atoms with E-state index in [1.807, 2.05) is 6.33 Å². The van der Waals surface area contributed by atoms with E-state index in [1.165, 1.54) is 96.2 Å². The van der Waals surface area contributed by atoms with Gasteiger partial charge >= 0.3 is 0 Å². The molecule has 0 aliphatic carbocycles. The van der Waals surface area contributed by atoms with Gasteiger partial charge in [-0.2, -0.15) is 0 Å².